The molecule has 1 aromatic carbocycles. The van der Waals surface area contributed by atoms with E-state index in [1.54, 1.807) is 14.0 Å². The molecular weight excluding hydrogens is 294 g/mol. The molecule has 0 spiro atoms. The summed E-state index contributed by atoms with van der Waals surface area (Å²) < 4.78 is 10.4. The van der Waals surface area contributed by atoms with E-state index < -0.39 is 0 Å². The second-order valence-electron chi connectivity index (χ2n) is 5.77. The number of carbonyl (C=O) groups is 1. The number of benzene rings is 1. The van der Waals surface area contributed by atoms with Crippen LogP contribution in [0.3, 0.4) is 0 Å². The number of rotatable bonds is 5. The number of nitrogens with zero attached hydrogens (tertiary/aromatic N) is 3. The molecular formula is C17H21N3O3. The number of hydrogen-bond acceptors (Lipinski definition) is 5. The van der Waals surface area contributed by atoms with Crippen molar-refractivity contribution >= 4 is 5.91 Å². The lowest BCUT2D eigenvalue weighted by molar-refractivity contribution is -0.132. The molecule has 3 rings (SSSR count). The maximum atomic E-state index is 12.5. The van der Waals surface area contributed by atoms with Crippen LogP contribution in [0.5, 0.6) is 5.75 Å². The van der Waals surface area contributed by atoms with Gasteiger partial charge >= 0.3 is 0 Å². The molecule has 122 valence electrons. The van der Waals surface area contributed by atoms with Gasteiger partial charge in [0.25, 0.3) is 0 Å². The molecule has 1 saturated heterocycles. The molecule has 1 aliphatic heterocycles. The predicted molar refractivity (Wildman–Crippen MR) is 84.0 cm³/mol. The summed E-state index contributed by atoms with van der Waals surface area (Å²) in [4.78, 5) is 18.7. The minimum absolute atomic E-state index is 0.0698. The van der Waals surface area contributed by atoms with Gasteiger partial charge in [0.2, 0.25) is 11.8 Å². The van der Waals surface area contributed by atoms with Gasteiger partial charge in [0.1, 0.15) is 11.8 Å². The summed E-state index contributed by atoms with van der Waals surface area (Å²) in [5.74, 6) is 2.13. The number of aromatic nitrogens is 2. The summed E-state index contributed by atoms with van der Waals surface area (Å²) in [5, 5.41) is 3.83. The van der Waals surface area contributed by atoms with Gasteiger partial charge in [0.15, 0.2) is 5.82 Å². The predicted octanol–water partition coefficient (Wildman–Crippen LogP) is 2.68. The average molecular weight is 315 g/mol. The van der Waals surface area contributed by atoms with Crippen molar-refractivity contribution < 1.29 is 14.1 Å². The van der Waals surface area contributed by atoms with Gasteiger partial charge in [-0.05, 0) is 43.9 Å². The molecule has 1 unspecified atom stereocenters. The van der Waals surface area contributed by atoms with Gasteiger partial charge in [-0.2, -0.15) is 4.98 Å². The van der Waals surface area contributed by atoms with Gasteiger partial charge in [-0.1, -0.05) is 17.3 Å². The summed E-state index contributed by atoms with van der Waals surface area (Å²) in [7, 11) is 1.64. The second-order valence-corrected chi connectivity index (χ2v) is 5.77. The van der Waals surface area contributed by atoms with Crippen LogP contribution in [0.1, 0.15) is 42.6 Å². The molecule has 2 heterocycles. The van der Waals surface area contributed by atoms with Crippen molar-refractivity contribution in [1.82, 2.24) is 15.0 Å². The van der Waals surface area contributed by atoms with Crippen molar-refractivity contribution in [2.24, 2.45) is 0 Å². The summed E-state index contributed by atoms with van der Waals surface area (Å²) >= 11 is 0. The highest BCUT2D eigenvalue weighted by Crippen LogP contribution is 2.31. The maximum Gasteiger partial charge on any atom is 0.249 e. The first-order chi connectivity index (χ1) is 11.2. The third-order valence-electron chi connectivity index (χ3n) is 4.19. The van der Waals surface area contributed by atoms with Gasteiger partial charge in [-0.15, -0.1) is 0 Å². The topological polar surface area (TPSA) is 68.5 Å². The van der Waals surface area contributed by atoms with Crippen LogP contribution in [-0.2, 0) is 11.2 Å². The zero-order valence-corrected chi connectivity index (χ0v) is 13.5. The summed E-state index contributed by atoms with van der Waals surface area (Å²) in [6, 6.07) is 7.75. The molecule has 0 aliphatic carbocycles. The highest BCUT2D eigenvalue weighted by molar-refractivity contribution is 5.77. The first-order valence-electron chi connectivity index (χ1n) is 7.90. The van der Waals surface area contributed by atoms with Crippen molar-refractivity contribution in [1.29, 1.82) is 0 Å². The number of hydrogen-bond donors (Lipinski definition) is 0. The Labute approximate surface area is 135 Å². The summed E-state index contributed by atoms with van der Waals surface area (Å²) in [6.45, 7) is 2.55. The first kappa shape index (κ1) is 15.5. The fraction of sp³-hybridized carbons (Fsp3) is 0.471. The van der Waals surface area contributed by atoms with E-state index in [9.17, 15) is 4.79 Å². The number of likely N-dealkylation sites (tertiary alicyclic amines) is 1. The lowest BCUT2D eigenvalue weighted by Gasteiger charge is -2.21. The second kappa shape index (κ2) is 6.81. The third kappa shape index (κ3) is 3.52. The highest BCUT2D eigenvalue weighted by atomic mass is 16.5. The number of methoxy groups -OCH3 is 1. The number of ether oxygens (including phenoxy) is 1. The van der Waals surface area contributed by atoms with Crippen LogP contribution in [0.2, 0.25) is 0 Å². The van der Waals surface area contributed by atoms with Crippen LogP contribution in [0.15, 0.2) is 28.8 Å². The monoisotopic (exact) mass is 315 g/mol. The van der Waals surface area contributed by atoms with E-state index in [0.717, 1.165) is 37.1 Å². The Morgan fingerprint density at radius 3 is 2.83 bits per heavy atom. The molecule has 1 fully saturated rings. The largest absolute Gasteiger partial charge is 0.497 e. The van der Waals surface area contributed by atoms with Crippen molar-refractivity contribution in [3.8, 4) is 5.75 Å². The van der Waals surface area contributed by atoms with E-state index in [2.05, 4.69) is 10.1 Å². The molecule has 1 atom stereocenters. The SMILES string of the molecule is COc1ccc(CCC(=O)N2CCCC2c2nc(C)no2)cc1. The number of aryl methyl sites for hydroxylation is 2. The lowest BCUT2D eigenvalue weighted by atomic mass is 10.1. The van der Waals surface area contributed by atoms with Gasteiger partial charge in [0.05, 0.1) is 7.11 Å². The van der Waals surface area contributed by atoms with E-state index in [-0.39, 0.29) is 11.9 Å². The molecule has 0 bridgehead atoms. The van der Waals surface area contributed by atoms with Crippen molar-refractivity contribution in [2.45, 2.75) is 38.6 Å². The molecule has 2 aromatic rings. The van der Waals surface area contributed by atoms with Gasteiger partial charge < -0.3 is 14.2 Å². The van der Waals surface area contributed by atoms with E-state index in [1.807, 2.05) is 29.2 Å². The first-order valence-corrected chi connectivity index (χ1v) is 7.90. The molecule has 1 aliphatic rings. The van der Waals surface area contributed by atoms with Crippen molar-refractivity contribution in [3.63, 3.8) is 0 Å². The van der Waals surface area contributed by atoms with Crippen LogP contribution in [-0.4, -0.2) is 34.6 Å². The van der Waals surface area contributed by atoms with Crippen molar-refractivity contribution in [2.75, 3.05) is 13.7 Å². The number of amides is 1. The van der Waals surface area contributed by atoms with Crippen LogP contribution < -0.4 is 4.74 Å². The van der Waals surface area contributed by atoms with Crippen LogP contribution in [0.4, 0.5) is 0 Å². The van der Waals surface area contributed by atoms with Gasteiger partial charge in [-0.3, -0.25) is 4.79 Å². The fourth-order valence-electron chi connectivity index (χ4n) is 2.96. The zero-order valence-electron chi connectivity index (χ0n) is 13.5. The standard InChI is InChI=1S/C17H21N3O3/c1-12-18-17(23-19-12)15-4-3-11-20(15)16(21)10-7-13-5-8-14(22-2)9-6-13/h5-6,8-9,15H,3-4,7,10-11H2,1-2H3. The lowest BCUT2D eigenvalue weighted by Crippen LogP contribution is -2.30. The van der Waals surface area contributed by atoms with Crippen LogP contribution in [0.25, 0.3) is 0 Å². The molecule has 23 heavy (non-hydrogen) atoms. The Kier molecular flexibility index (Phi) is 4.60. The average Bonchev–Trinajstić information content (AvgIpc) is 3.21. The van der Waals surface area contributed by atoms with E-state index in [0.29, 0.717) is 18.1 Å². The zero-order chi connectivity index (χ0) is 16.2. The van der Waals surface area contributed by atoms with E-state index in [1.165, 1.54) is 0 Å². The minimum Gasteiger partial charge on any atom is -0.497 e. The maximum absolute atomic E-state index is 12.5. The molecule has 0 radical (unpaired) electrons. The molecule has 1 aromatic heterocycles. The van der Waals surface area contributed by atoms with Crippen molar-refractivity contribution in [3.05, 3.63) is 41.5 Å². The molecule has 1 amide bonds. The third-order valence-corrected chi connectivity index (χ3v) is 4.19. The molecule has 6 nitrogen and oxygen atoms in total. The Bertz CT molecular complexity index is 666. The fourth-order valence-corrected chi connectivity index (χ4v) is 2.96. The molecule has 0 N–H and O–H groups in total. The molecule has 6 heteroatoms. The Balaban J connectivity index is 1.60. The molecule has 0 saturated carbocycles. The van der Waals surface area contributed by atoms with Crippen LogP contribution >= 0.6 is 0 Å². The van der Waals surface area contributed by atoms with E-state index >= 15 is 0 Å². The quantitative estimate of drug-likeness (QED) is 0.848. The minimum atomic E-state index is -0.0698. The summed E-state index contributed by atoms with van der Waals surface area (Å²) in [5.41, 5.74) is 1.13. The number of carbonyl (C=O) groups excluding carboxylic acids is 1. The Morgan fingerprint density at radius 1 is 1.39 bits per heavy atom. The smallest absolute Gasteiger partial charge is 0.249 e. The normalized spacial score (nSPS) is 17.5. The Morgan fingerprint density at radius 2 is 2.17 bits per heavy atom. The van der Waals surface area contributed by atoms with Crippen LogP contribution in [0, 0.1) is 6.92 Å². The Hall–Kier alpha value is -2.37. The highest BCUT2D eigenvalue weighted by Gasteiger charge is 2.33. The van der Waals surface area contributed by atoms with E-state index in [4.69, 9.17) is 9.26 Å². The summed E-state index contributed by atoms with van der Waals surface area (Å²) in [6.07, 6.45) is 3.06. The van der Waals surface area contributed by atoms with Gasteiger partial charge in [0, 0.05) is 13.0 Å². The van der Waals surface area contributed by atoms with Gasteiger partial charge in [-0.25, -0.2) is 0 Å².